The first-order valence-electron chi connectivity index (χ1n) is 8.38. The molecule has 7 heteroatoms. The van der Waals surface area contributed by atoms with Crippen LogP contribution in [0, 0.1) is 11.3 Å². The van der Waals surface area contributed by atoms with E-state index >= 15 is 0 Å². The lowest BCUT2D eigenvalue weighted by Crippen LogP contribution is -2.23. The van der Waals surface area contributed by atoms with Crippen LogP contribution in [-0.4, -0.2) is 42.0 Å². The van der Waals surface area contributed by atoms with Crippen LogP contribution >= 0.6 is 0 Å². The molecule has 0 bridgehead atoms. The largest absolute Gasteiger partial charge is 0.390 e. The van der Waals surface area contributed by atoms with Crippen LogP contribution in [0.5, 0.6) is 0 Å². The summed E-state index contributed by atoms with van der Waals surface area (Å²) in [5.41, 5.74) is 1.67. The highest BCUT2D eigenvalue weighted by molar-refractivity contribution is 5.92. The second kappa shape index (κ2) is 10.7. The number of aromatic nitrogens is 1. The Balaban J connectivity index is 0.00000139. The third-order valence-corrected chi connectivity index (χ3v) is 3.64. The fourth-order valence-electron chi connectivity index (χ4n) is 2.49. The van der Waals surface area contributed by atoms with Crippen LogP contribution in [0.3, 0.4) is 0 Å². The average molecular weight is 336 g/mol. The van der Waals surface area contributed by atoms with Gasteiger partial charge in [-0.3, -0.25) is 4.79 Å². The minimum Gasteiger partial charge on any atom is -0.390 e. The maximum absolute atomic E-state index is 11.1. The van der Waals surface area contributed by atoms with E-state index in [-0.39, 0.29) is 12.5 Å². The molecule has 1 aromatic heterocycles. The molecule has 24 heavy (non-hydrogen) atoms. The topological polar surface area (TPSA) is 107 Å². The van der Waals surface area contributed by atoms with Crippen molar-refractivity contribution in [3.8, 4) is 0 Å². The van der Waals surface area contributed by atoms with Crippen molar-refractivity contribution >= 4 is 23.6 Å². The summed E-state index contributed by atoms with van der Waals surface area (Å²) >= 11 is 0. The van der Waals surface area contributed by atoms with E-state index in [1.54, 1.807) is 6.07 Å². The minimum absolute atomic E-state index is 0.241. The van der Waals surface area contributed by atoms with Crippen molar-refractivity contribution < 1.29 is 14.6 Å². The third kappa shape index (κ3) is 5.90. The van der Waals surface area contributed by atoms with E-state index < -0.39 is 0 Å². The van der Waals surface area contributed by atoms with Gasteiger partial charge in [0, 0.05) is 38.5 Å². The zero-order valence-corrected chi connectivity index (χ0v) is 14.7. The predicted molar refractivity (Wildman–Crippen MR) is 95.7 cm³/mol. The predicted octanol–water partition coefficient (Wildman–Crippen LogP) is 2.39. The van der Waals surface area contributed by atoms with Gasteiger partial charge >= 0.3 is 0 Å². The molecule has 1 fully saturated rings. The molecular formula is C17H28N4O3. The van der Waals surface area contributed by atoms with E-state index in [4.69, 9.17) is 10.1 Å². The van der Waals surface area contributed by atoms with E-state index in [0.717, 1.165) is 32.6 Å². The highest BCUT2D eigenvalue weighted by Crippen LogP contribution is 2.24. The third-order valence-electron chi connectivity index (χ3n) is 3.64. The van der Waals surface area contributed by atoms with Crippen LogP contribution in [0.15, 0.2) is 6.07 Å². The smallest absolute Gasteiger partial charge is 0.222 e. The first kappa shape index (κ1) is 20.1. The second-order valence-electron chi connectivity index (χ2n) is 5.34. The van der Waals surface area contributed by atoms with Crippen LogP contribution in [0.2, 0.25) is 0 Å². The van der Waals surface area contributed by atoms with Crippen LogP contribution in [-0.2, 0) is 16.1 Å². The van der Waals surface area contributed by atoms with Crippen LogP contribution < -0.4 is 10.6 Å². The lowest BCUT2D eigenvalue weighted by Gasteiger charge is -2.24. The normalized spacial score (nSPS) is 14.3. The molecule has 1 aromatic rings. The minimum atomic E-state index is -0.260. The Bertz CT molecular complexity index is 543. The maximum atomic E-state index is 11.1. The maximum Gasteiger partial charge on any atom is 0.222 e. The van der Waals surface area contributed by atoms with E-state index in [2.05, 4.69) is 15.6 Å². The molecule has 1 aliphatic heterocycles. The van der Waals surface area contributed by atoms with Crippen molar-refractivity contribution in [2.45, 2.75) is 40.2 Å². The molecule has 0 spiro atoms. The summed E-state index contributed by atoms with van der Waals surface area (Å²) in [7, 11) is 0. The molecular weight excluding hydrogens is 308 g/mol. The zero-order chi connectivity index (χ0) is 17.9. The quantitative estimate of drug-likeness (QED) is 0.597. The molecule has 1 amide bonds. The van der Waals surface area contributed by atoms with Gasteiger partial charge in [-0.25, -0.2) is 4.98 Å². The van der Waals surface area contributed by atoms with Gasteiger partial charge in [0.15, 0.2) is 0 Å². The number of hydrogen-bond acceptors (Lipinski definition) is 6. The molecule has 2 heterocycles. The van der Waals surface area contributed by atoms with E-state index in [0.29, 0.717) is 28.7 Å². The number of nitrogens with zero attached hydrogens (tertiary/aromatic N) is 1. The summed E-state index contributed by atoms with van der Waals surface area (Å²) in [4.78, 5) is 15.4. The molecule has 1 saturated heterocycles. The number of carbonyl (C=O) groups excluding carboxylic acids is 1. The second-order valence-corrected chi connectivity index (χ2v) is 5.34. The van der Waals surface area contributed by atoms with Crippen LogP contribution in [0.4, 0.5) is 11.5 Å². The summed E-state index contributed by atoms with van der Waals surface area (Å²) in [6.45, 7) is 7.43. The molecule has 0 atom stereocenters. The van der Waals surface area contributed by atoms with Crippen molar-refractivity contribution in [2.75, 3.05) is 30.4 Å². The number of aliphatic hydroxyl groups excluding tert-OH is 1. The van der Waals surface area contributed by atoms with Gasteiger partial charge in [-0.1, -0.05) is 13.8 Å². The standard InChI is InChI=1S/C15H22N4O3.C2H6/c1-10(21)18-14-6-12(7-16)15(13(9-20)19-14)17-8-11-2-4-22-5-3-11;1-2/h6-7,11,16-17,20H,2-5,8-9H2,1H3,(H,18,19,21);1-2H3. The molecule has 134 valence electrons. The fraction of sp³-hybridized carbons (Fsp3) is 0.588. The number of hydrogen-bond donors (Lipinski definition) is 4. The van der Waals surface area contributed by atoms with Gasteiger partial charge in [0.2, 0.25) is 5.91 Å². The lowest BCUT2D eigenvalue weighted by atomic mass is 10.00. The number of aliphatic hydroxyl groups is 1. The Morgan fingerprint density at radius 2 is 2.12 bits per heavy atom. The van der Waals surface area contributed by atoms with Crippen molar-refractivity contribution in [3.63, 3.8) is 0 Å². The molecule has 0 saturated carbocycles. The summed E-state index contributed by atoms with van der Waals surface area (Å²) in [6, 6.07) is 1.62. The SMILES string of the molecule is CC.CC(=O)Nc1cc(C=N)c(NCC2CCOCC2)c(CO)n1. The van der Waals surface area contributed by atoms with Crippen molar-refractivity contribution in [2.24, 2.45) is 5.92 Å². The summed E-state index contributed by atoms with van der Waals surface area (Å²) in [5, 5.41) is 22.9. The van der Waals surface area contributed by atoms with Crippen LogP contribution in [0.1, 0.15) is 44.9 Å². The zero-order valence-electron chi connectivity index (χ0n) is 14.7. The molecule has 1 aliphatic rings. The van der Waals surface area contributed by atoms with Crippen LogP contribution in [0.25, 0.3) is 0 Å². The van der Waals surface area contributed by atoms with E-state index in [1.807, 2.05) is 13.8 Å². The number of ether oxygens (including phenoxy) is 1. The number of carbonyl (C=O) groups is 1. The highest BCUT2D eigenvalue weighted by Gasteiger charge is 2.16. The van der Waals surface area contributed by atoms with Gasteiger partial charge in [-0.2, -0.15) is 0 Å². The fourth-order valence-corrected chi connectivity index (χ4v) is 2.49. The Hall–Kier alpha value is -1.99. The van der Waals surface area contributed by atoms with Crippen molar-refractivity contribution in [3.05, 3.63) is 17.3 Å². The number of pyridine rings is 1. The van der Waals surface area contributed by atoms with Gasteiger partial charge in [0.05, 0.1) is 18.0 Å². The molecule has 0 aliphatic carbocycles. The van der Waals surface area contributed by atoms with Gasteiger partial charge < -0.3 is 25.9 Å². The first-order chi connectivity index (χ1) is 11.6. The first-order valence-corrected chi connectivity index (χ1v) is 8.38. The summed E-state index contributed by atoms with van der Waals surface area (Å²) in [6.07, 6.45) is 3.19. The Labute approximate surface area is 143 Å². The molecule has 4 N–H and O–H groups in total. The average Bonchev–Trinajstić information content (AvgIpc) is 2.61. The van der Waals surface area contributed by atoms with Gasteiger partial charge in [0.25, 0.3) is 0 Å². The number of rotatable bonds is 6. The number of anilines is 2. The molecule has 0 unspecified atom stereocenters. The Morgan fingerprint density at radius 1 is 1.46 bits per heavy atom. The molecule has 7 nitrogen and oxygen atoms in total. The summed E-state index contributed by atoms with van der Waals surface area (Å²) < 4.78 is 5.34. The lowest BCUT2D eigenvalue weighted by molar-refractivity contribution is -0.114. The van der Waals surface area contributed by atoms with E-state index in [1.165, 1.54) is 13.1 Å². The van der Waals surface area contributed by atoms with E-state index in [9.17, 15) is 9.90 Å². The Morgan fingerprint density at radius 3 is 2.67 bits per heavy atom. The highest BCUT2D eigenvalue weighted by atomic mass is 16.5. The van der Waals surface area contributed by atoms with Gasteiger partial charge in [-0.15, -0.1) is 0 Å². The van der Waals surface area contributed by atoms with Crippen molar-refractivity contribution in [1.82, 2.24) is 4.98 Å². The Kier molecular flexibility index (Phi) is 8.96. The van der Waals surface area contributed by atoms with Gasteiger partial charge in [-0.05, 0) is 24.8 Å². The number of nitrogens with one attached hydrogen (secondary N) is 3. The summed E-state index contributed by atoms with van der Waals surface area (Å²) in [5.74, 6) is 0.607. The molecule has 2 rings (SSSR count). The van der Waals surface area contributed by atoms with Crippen molar-refractivity contribution in [1.29, 1.82) is 5.41 Å². The number of amides is 1. The van der Waals surface area contributed by atoms with Gasteiger partial charge in [0.1, 0.15) is 5.82 Å². The monoisotopic (exact) mass is 336 g/mol. The molecule has 0 radical (unpaired) electrons. The molecule has 0 aromatic carbocycles.